The Kier molecular flexibility index (Phi) is 6.27. The van der Waals surface area contributed by atoms with Crippen molar-refractivity contribution in [1.82, 2.24) is 5.32 Å². The van der Waals surface area contributed by atoms with Crippen molar-refractivity contribution in [2.45, 2.75) is 39.0 Å². The molecule has 0 bridgehead atoms. The van der Waals surface area contributed by atoms with Crippen molar-refractivity contribution in [2.24, 2.45) is 0 Å². The van der Waals surface area contributed by atoms with E-state index >= 15 is 0 Å². The highest BCUT2D eigenvalue weighted by atomic mass is 19.1. The van der Waals surface area contributed by atoms with Crippen LogP contribution in [0.15, 0.2) is 41.6 Å². The summed E-state index contributed by atoms with van der Waals surface area (Å²) in [7, 11) is 0. The molecule has 144 valence electrons. The molecule has 1 aromatic carbocycles. The molecule has 0 saturated heterocycles. The Morgan fingerprint density at radius 1 is 1.22 bits per heavy atom. The Labute approximate surface area is 157 Å². The molecule has 0 atom stereocenters. The number of ether oxygens (including phenoxy) is 2. The van der Waals surface area contributed by atoms with Crippen molar-refractivity contribution >= 4 is 11.7 Å². The summed E-state index contributed by atoms with van der Waals surface area (Å²) < 4.78 is 38.7. The molecule has 0 unspecified atom stereocenters. The first-order chi connectivity index (χ1) is 13.1. The fourth-order valence-electron chi connectivity index (χ4n) is 2.94. The second-order valence-corrected chi connectivity index (χ2v) is 6.46. The molecular formula is C21H23F2NO3. The van der Waals surface area contributed by atoms with Gasteiger partial charge in [0.15, 0.2) is 17.4 Å². The van der Waals surface area contributed by atoms with Gasteiger partial charge < -0.3 is 14.8 Å². The predicted octanol–water partition coefficient (Wildman–Crippen LogP) is 4.63. The third kappa shape index (κ3) is 4.76. The monoisotopic (exact) mass is 375 g/mol. The van der Waals surface area contributed by atoms with Crippen LogP contribution in [0.4, 0.5) is 8.78 Å². The SMILES string of the molecule is CCOC(=O)CCCOc1c(F)cc(C2=CC=CC(=C3CCC3)N2)cc1F. The zero-order valence-corrected chi connectivity index (χ0v) is 15.3. The highest BCUT2D eigenvalue weighted by Gasteiger charge is 2.19. The van der Waals surface area contributed by atoms with Crippen LogP contribution in [0.2, 0.25) is 0 Å². The lowest BCUT2D eigenvalue weighted by Gasteiger charge is -2.24. The molecule has 1 fully saturated rings. The molecule has 0 amide bonds. The molecule has 6 heteroatoms. The minimum Gasteiger partial charge on any atom is -0.488 e. The van der Waals surface area contributed by atoms with E-state index < -0.39 is 17.4 Å². The van der Waals surface area contributed by atoms with Crippen LogP contribution in [0.25, 0.3) is 5.70 Å². The Bertz CT molecular complexity index is 783. The van der Waals surface area contributed by atoms with Crippen LogP contribution < -0.4 is 10.1 Å². The van der Waals surface area contributed by atoms with Crippen LogP contribution >= 0.6 is 0 Å². The summed E-state index contributed by atoms with van der Waals surface area (Å²) in [5.41, 5.74) is 3.42. The van der Waals surface area contributed by atoms with Gasteiger partial charge in [-0.05, 0) is 62.5 Å². The first-order valence-electron chi connectivity index (χ1n) is 9.23. The van der Waals surface area contributed by atoms with Gasteiger partial charge in [0, 0.05) is 23.4 Å². The molecule has 0 aromatic heterocycles. The number of halogens is 2. The van der Waals surface area contributed by atoms with Crippen molar-refractivity contribution < 1.29 is 23.0 Å². The van der Waals surface area contributed by atoms with Gasteiger partial charge in [-0.3, -0.25) is 4.79 Å². The number of esters is 1. The lowest BCUT2D eigenvalue weighted by Crippen LogP contribution is -2.18. The third-order valence-corrected chi connectivity index (χ3v) is 4.52. The zero-order valence-electron chi connectivity index (χ0n) is 15.3. The molecule has 0 spiro atoms. The van der Waals surface area contributed by atoms with Gasteiger partial charge in [0.1, 0.15) is 0 Å². The summed E-state index contributed by atoms with van der Waals surface area (Å²) in [5.74, 6) is -2.31. The van der Waals surface area contributed by atoms with Gasteiger partial charge in [-0.2, -0.15) is 0 Å². The summed E-state index contributed by atoms with van der Waals surface area (Å²) in [6.45, 7) is 2.06. The van der Waals surface area contributed by atoms with Crippen molar-refractivity contribution in [3.05, 3.63) is 58.8 Å². The molecule has 1 saturated carbocycles. The molecule has 1 N–H and O–H groups in total. The normalized spacial score (nSPS) is 15.7. The minimum absolute atomic E-state index is 0.0337. The number of hydrogen-bond donors (Lipinski definition) is 1. The number of dihydropyridines is 1. The van der Waals surface area contributed by atoms with Gasteiger partial charge in [-0.25, -0.2) is 8.78 Å². The maximum absolute atomic E-state index is 14.4. The van der Waals surface area contributed by atoms with Crippen molar-refractivity contribution in [2.75, 3.05) is 13.2 Å². The quantitative estimate of drug-likeness (QED) is 0.558. The second-order valence-electron chi connectivity index (χ2n) is 6.46. The summed E-state index contributed by atoms with van der Waals surface area (Å²) in [6.07, 6.45) is 9.41. The average Bonchev–Trinajstić information content (AvgIpc) is 2.59. The van der Waals surface area contributed by atoms with Crippen molar-refractivity contribution in [3.63, 3.8) is 0 Å². The largest absolute Gasteiger partial charge is 0.488 e. The van der Waals surface area contributed by atoms with E-state index in [4.69, 9.17) is 9.47 Å². The van der Waals surface area contributed by atoms with Gasteiger partial charge in [-0.15, -0.1) is 0 Å². The Morgan fingerprint density at radius 2 is 1.96 bits per heavy atom. The van der Waals surface area contributed by atoms with E-state index in [0.717, 1.165) is 18.5 Å². The first-order valence-corrected chi connectivity index (χ1v) is 9.23. The average molecular weight is 375 g/mol. The molecule has 2 aliphatic rings. The van der Waals surface area contributed by atoms with Crippen LogP contribution in [0.3, 0.4) is 0 Å². The fourth-order valence-corrected chi connectivity index (χ4v) is 2.94. The van der Waals surface area contributed by atoms with Gasteiger partial charge >= 0.3 is 5.97 Å². The van der Waals surface area contributed by atoms with Crippen molar-refractivity contribution in [1.29, 1.82) is 0 Å². The molecule has 1 heterocycles. The predicted molar refractivity (Wildman–Crippen MR) is 98.8 cm³/mol. The Hall–Kier alpha value is -2.63. The number of nitrogens with one attached hydrogen (secondary N) is 1. The maximum atomic E-state index is 14.4. The van der Waals surface area contributed by atoms with E-state index in [0.29, 0.717) is 24.3 Å². The first kappa shape index (κ1) is 19.1. The van der Waals surface area contributed by atoms with E-state index in [1.165, 1.54) is 24.1 Å². The standard InChI is InChI=1S/C21H23F2NO3/c1-2-26-20(25)10-5-11-27-21-16(22)12-15(13-17(21)23)19-9-4-8-18(24-19)14-6-3-7-14/h4,8-9,12-13,24H,2-3,5-7,10-11H2,1H3. The maximum Gasteiger partial charge on any atom is 0.305 e. The number of allylic oxidation sites excluding steroid dienone is 4. The van der Waals surface area contributed by atoms with Gasteiger partial charge in [-0.1, -0.05) is 6.08 Å². The molecular weight excluding hydrogens is 352 g/mol. The Morgan fingerprint density at radius 3 is 2.59 bits per heavy atom. The minimum atomic E-state index is -0.767. The van der Waals surface area contributed by atoms with Gasteiger partial charge in [0.05, 0.1) is 13.2 Å². The number of rotatable bonds is 7. The highest BCUT2D eigenvalue weighted by molar-refractivity contribution is 5.70. The lowest BCUT2D eigenvalue weighted by molar-refractivity contribution is -0.143. The van der Waals surface area contributed by atoms with Crippen LogP contribution in [-0.4, -0.2) is 19.2 Å². The molecule has 1 aliphatic carbocycles. The summed E-state index contributed by atoms with van der Waals surface area (Å²) >= 11 is 0. The number of benzene rings is 1. The van der Waals surface area contributed by atoms with E-state index in [-0.39, 0.29) is 19.0 Å². The zero-order chi connectivity index (χ0) is 19.2. The molecule has 4 nitrogen and oxygen atoms in total. The topological polar surface area (TPSA) is 47.6 Å². The van der Waals surface area contributed by atoms with E-state index in [2.05, 4.69) is 5.32 Å². The summed E-state index contributed by atoms with van der Waals surface area (Å²) in [5, 5.41) is 3.25. The Balaban J connectivity index is 1.64. The third-order valence-electron chi connectivity index (χ3n) is 4.52. The fraction of sp³-hybridized carbons (Fsp3) is 0.381. The number of carbonyl (C=O) groups is 1. The van der Waals surface area contributed by atoms with Crippen LogP contribution in [0, 0.1) is 11.6 Å². The summed E-state index contributed by atoms with van der Waals surface area (Å²) in [4.78, 5) is 11.3. The van der Waals surface area contributed by atoms with Crippen LogP contribution in [0.1, 0.15) is 44.6 Å². The van der Waals surface area contributed by atoms with E-state index in [9.17, 15) is 13.6 Å². The number of hydrogen-bond acceptors (Lipinski definition) is 4. The van der Waals surface area contributed by atoms with Gasteiger partial charge in [0.25, 0.3) is 0 Å². The second kappa shape index (κ2) is 8.84. The van der Waals surface area contributed by atoms with Crippen LogP contribution in [-0.2, 0) is 9.53 Å². The smallest absolute Gasteiger partial charge is 0.305 e. The molecule has 27 heavy (non-hydrogen) atoms. The molecule has 1 aromatic rings. The van der Waals surface area contributed by atoms with Crippen molar-refractivity contribution in [3.8, 4) is 5.75 Å². The highest BCUT2D eigenvalue weighted by Crippen LogP contribution is 2.32. The summed E-state index contributed by atoms with van der Waals surface area (Å²) in [6, 6.07) is 2.51. The van der Waals surface area contributed by atoms with Gasteiger partial charge in [0.2, 0.25) is 0 Å². The van der Waals surface area contributed by atoms with E-state index in [1.54, 1.807) is 13.0 Å². The number of carbonyl (C=O) groups excluding carboxylic acids is 1. The lowest BCUT2D eigenvalue weighted by atomic mass is 9.89. The van der Waals surface area contributed by atoms with Crippen LogP contribution in [0.5, 0.6) is 5.75 Å². The van der Waals surface area contributed by atoms with E-state index in [1.807, 2.05) is 12.2 Å². The molecule has 1 aliphatic heterocycles. The molecule has 3 rings (SSSR count). The molecule has 0 radical (unpaired) electrons.